The van der Waals surface area contributed by atoms with Gasteiger partial charge in [-0.25, -0.2) is 13.2 Å². The zero-order chi connectivity index (χ0) is 12.5. The monoisotopic (exact) mass is 245 g/mol. The Bertz CT molecular complexity index is 535. The SMILES string of the molecule is COc1cc(N)c(C(=O)O)cc1S(C)(=O)=O. The van der Waals surface area contributed by atoms with Crippen molar-refractivity contribution < 1.29 is 23.1 Å². The Hall–Kier alpha value is -1.76. The van der Waals surface area contributed by atoms with Crippen LogP contribution < -0.4 is 10.5 Å². The molecule has 0 saturated heterocycles. The average molecular weight is 245 g/mol. The van der Waals surface area contributed by atoms with Crippen molar-refractivity contribution in [2.75, 3.05) is 19.1 Å². The van der Waals surface area contributed by atoms with Gasteiger partial charge in [0.25, 0.3) is 0 Å². The van der Waals surface area contributed by atoms with E-state index in [1.54, 1.807) is 0 Å². The van der Waals surface area contributed by atoms with E-state index in [1.807, 2.05) is 0 Å². The van der Waals surface area contributed by atoms with Gasteiger partial charge in [0.15, 0.2) is 9.84 Å². The van der Waals surface area contributed by atoms with E-state index in [0.29, 0.717) is 0 Å². The molecule has 0 atom stereocenters. The van der Waals surface area contributed by atoms with Crippen molar-refractivity contribution in [3.05, 3.63) is 17.7 Å². The van der Waals surface area contributed by atoms with Crippen LogP contribution >= 0.6 is 0 Å². The molecule has 0 heterocycles. The molecule has 1 aromatic rings. The molecule has 0 unspecified atom stereocenters. The summed E-state index contributed by atoms with van der Waals surface area (Å²) >= 11 is 0. The number of aromatic carboxylic acids is 1. The first kappa shape index (κ1) is 12.3. The van der Waals surface area contributed by atoms with E-state index in [-0.39, 0.29) is 21.9 Å². The molecule has 7 heteroatoms. The van der Waals surface area contributed by atoms with Gasteiger partial charge in [-0.2, -0.15) is 0 Å². The summed E-state index contributed by atoms with van der Waals surface area (Å²) in [5.41, 5.74) is 5.15. The van der Waals surface area contributed by atoms with Gasteiger partial charge in [0.2, 0.25) is 0 Å². The first-order chi connectivity index (χ1) is 7.27. The van der Waals surface area contributed by atoms with Gasteiger partial charge >= 0.3 is 5.97 Å². The zero-order valence-corrected chi connectivity index (χ0v) is 9.54. The molecular weight excluding hydrogens is 234 g/mol. The van der Waals surface area contributed by atoms with Crippen LogP contribution in [0.2, 0.25) is 0 Å². The first-order valence-corrected chi connectivity index (χ1v) is 6.07. The van der Waals surface area contributed by atoms with Gasteiger partial charge in [-0.1, -0.05) is 0 Å². The van der Waals surface area contributed by atoms with E-state index in [9.17, 15) is 13.2 Å². The summed E-state index contributed by atoms with van der Waals surface area (Å²) < 4.78 is 27.6. The van der Waals surface area contributed by atoms with Crippen LogP contribution in [0, 0.1) is 0 Å². The lowest BCUT2D eigenvalue weighted by Gasteiger charge is -2.09. The Morgan fingerprint density at radius 1 is 1.44 bits per heavy atom. The van der Waals surface area contributed by atoms with Crippen molar-refractivity contribution in [1.82, 2.24) is 0 Å². The molecule has 0 radical (unpaired) electrons. The van der Waals surface area contributed by atoms with Gasteiger partial charge < -0.3 is 15.6 Å². The van der Waals surface area contributed by atoms with Crippen molar-refractivity contribution in [1.29, 1.82) is 0 Å². The lowest BCUT2D eigenvalue weighted by Crippen LogP contribution is -2.08. The van der Waals surface area contributed by atoms with Crippen LogP contribution in [0.1, 0.15) is 10.4 Å². The van der Waals surface area contributed by atoms with Gasteiger partial charge in [0.05, 0.1) is 12.7 Å². The number of carboxylic acid groups (broad SMARTS) is 1. The van der Waals surface area contributed by atoms with Gasteiger partial charge in [-0.3, -0.25) is 0 Å². The van der Waals surface area contributed by atoms with Crippen molar-refractivity contribution in [2.24, 2.45) is 0 Å². The molecule has 1 rings (SSSR count). The van der Waals surface area contributed by atoms with E-state index in [0.717, 1.165) is 12.3 Å². The summed E-state index contributed by atoms with van der Waals surface area (Å²) in [6.45, 7) is 0. The molecule has 0 saturated carbocycles. The maximum Gasteiger partial charge on any atom is 0.337 e. The molecule has 1 aromatic carbocycles. The van der Waals surface area contributed by atoms with Crippen molar-refractivity contribution in [3.63, 3.8) is 0 Å². The van der Waals surface area contributed by atoms with Crippen molar-refractivity contribution in [2.45, 2.75) is 4.90 Å². The Balaban J connectivity index is 3.60. The minimum atomic E-state index is -3.56. The number of hydrogen-bond acceptors (Lipinski definition) is 5. The highest BCUT2D eigenvalue weighted by Crippen LogP contribution is 2.29. The summed E-state index contributed by atoms with van der Waals surface area (Å²) in [6.07, 6.45) is 0.965. The van der Waals surface area contributed by atoms with Gasteiger partial charge in [-0.15, -0.1) is 0 Å². The number of ether oxygens (including phenoxy) is 1. The fourth-order valence-electron chi connectivity index (χ4n) is 1.21. The Labute approximate surface area is 92.6 Å². The number of benzene rings is 1. The number of hydrogen-bond donors (Lipinski definition) is 2. The van der Waals surface area contributed by atoms with E-state index in [4.69, 9.17) is 15.6 Å². The van der Waals surface area contributed by atoms with Crippen LogP contribution in [-0.4, -0.2) is 32.9 Å². The molecule has 0 amide bonds. The molecule has 0 aromatic heterocycles. The maximum absolute atomic E-state index is 11.4. The molecule has 0 aliphatic rings. The van der Waals surface area contributed by atoms with Crippen LogP contribution in [0.4, 0.5) is 5.69 Å². The molecule has 0 aliphatic heterocycles. The lowest BCUT2D eigenvalue weighted by molar-refractivity contribution is 0.0697. The van der Waals surface area contributed by atoms with E-state index >= 15 is 0 Å². The zero-order valence-electron chi connectivity index (χ0n) is 8.72. The number of carboxylic acids is 1. The lowest BCUT2D eigenvalue weighted by atomic mass is 10.2. The van der Waals surface area contributed by atoms with Crippen LogP contribution in [0.15, 0.2) is 17.0 Å². The Morgan fingerprint density at radius 2 is 2.00 bits per heavy atom. The van der Waals surface area contributed by atoms with Gasteiger partial charge in [0.1, 0.15) is 10.6 Å². The van der Waals surface area contributed by atoms with Crippen LogP contribution in [0.3, 0.4) is 0 Å². The third-order valence-electron chi connectivity index (χ3n) is 1.97. The highest BCUT2D eigenvalue weighted by Gasteiger charge is 2.19. The Kier molecular flexibility index (Phi) is 3.09. The second kappa shape index (κ2) is 4.01. The summed E-state index contributed by atoms with van der Waals surface area (Å²) in [7, 11) is -2.28. The number of carbonyl (C=O) groups is 1. The average Bonchev–Trinajstić information content (AvgIpc) is 2.14. The minimum Gasteiger partial charge on any atom is -0.495 e. The fraction of sp³-hybridized carbons (Fsp3) is 0.222. The number of nitrogen functional groups attached to an aromatic ring is 1. The number of methoxy groups -OCH3 is 1. The summed E-state index contributed by atoms with van der Waals surface area (Å²) in [5.74, 6) is -1.25. The fourth-order valence-corrected chi connectivity index (χ4v) is 2.05. The molecule has 88 valence electrons. The highest BCUT2D eigenvalue weighted by molar-refractivity contribution is 7.90. The van der Waals surface area contributed by atoms with E-state index in [2.05, 4.69) is 0 Å². The van der Waals surface area contributed by atoms with Crippen molar-refractivity contribution >= 4 is 21.5 Å². The van der Waals surface area contributed by atoms with Crippen LogP contribution in [-0.2, 0) is 9.84 Å². The van der Waals surface area contributed by atoms with Gasteiger partial charge in [0, 0.05) is 18.0 Å². The minimum absolute atomic E-state index is 0.0324. The van der Waals surface area contributed by atoms with E-state index in [1.165, 1.54) is 13.2 Å². The molecule has 16 heavy (non-hydrogen) atoms. The largest absolute Gasteiger partial charge is 0.495 e. The molecular formula is C9H11NO5S. The summed E-state index contributed by atoms with van der Waals surface area (Å²) in [5, 5.41) is 8.80. The molecule has 0 spiro atoms. The normalized spacial score (nSPS) is 11.1. The predicted octanol–water partition coefficient (Wildman–Crippen LogP) is 0.379. The van der Waals surface area contributed by atoms with Gasteiger partial charge in [-0.05, 0) is 6.07 Å². The maximum atomic E-state index is 11.4. The number of rotatable bonds is 3. The molecule has 6 nitrogen and oxygen atoms in total. The van der Waals surface area contributed by atoms with Crippen molar-refractivity contribution in [3.8, 4) is 5.75 Å². The predicted molar refractivity (Wildman–Crippen MR) is 57.5 cm³/mol. The third-order valence-corrected chi connectivity index (χ3v) is 3.08. The third kappa shape index (κ3) is 2.25. The Morgan fingerprint density at radius 3 is 2.38 bits per heavy atom. The van der Waals surface area contributed by atoms with Crippen LogP contribution in [0.5, 0.6) is 5.75 Å². The standard InChI is InChI=1S/C9H11NO5S/c1-15-7-4-6(10)5(9(11)12)3-8(7)16(2,13)14/h3-4H,10H2,1-2H3,(H,11,12). The quantitative estimate of drug-likeness (QED) is 0.745. The molecule has 0 fully saturated rings. The molecule has 3 N–H and O–H groups in total. The number of anilines is 1. The topological polar surface area (TPSA) is 107 Å². The second-order valence-corrected chi connectivity index (χ2v) is 5.15. The summed E-state index contributed by atoms with van der Waals surface area (Å²) in [6, 6.07) is 2.17. The number of nitrogens with two attached hydrogens (primary N) is 1. The van der Waals surface area contributed by atoms with E-state index < -0.39 is 15.8 Å². The molecule has 0 bridgehead atoms. The second-order valence-electron chi connectivity index (χ2n) is 3.17. The van der Waals surface area contributed by atoms with Crippen LogP contribution in [0.25, 0.3) is 0 Å². The summed E-state index contributed by atoms with van der Waals surface area (Å²) in [4.78, 5) is 10.6. The smallest absolute Gasteiger partial charge is 0.337 e. The number of sulfone groups is 1. The first-order valence-electron chi connectivity index (χ1n) is 4.18. The molecule has 0 aliphatic carbocycles. The highest BCUT2D eigenvalue weighted by atomic mass is 32.2.